The van der Waals surface area contributed by atoms with Crippen molar-refractivity contribution in [2.45, 2.75) is 22.7 Å². The van der Waals surface area contributed by atoms with Crippen LogP contribution in [0.2, 0.25) is 0 Å². The van der Waals surface area contributed by atoms with Crippen LogP contribution in [0, 0.1) is 0 Å². The van der Waals surface area contributed by atoms with Crippen molar-refractivity contribution in [1.82, 2.24) is 0 Å². The summed E-state index contributed by atoms with van der Waals surface area (Å²) < 4.78 is 0. The Balaban J connectivity index is 3.58. The van der Waals surface area contributed by atoms with E-state index >= 15 is 0 Å². The van der Waals surface area contributed by atoms with Gasteiger partial charge in [-0.15, -0.1) is 0 Å². The van der Waals surface area contributed by atoms with Crippen LogP contribution in [0.1, 0.15) is 6.92 Å². The Morgan fingerprint density at radius 1 is 1.22 bits per heavy atom. The second kappa shape index (κ2) is 5.10. The van der Waals surface area contributed by atoms with Crippen molar-refractivity contribution in [2.75, 3.05) is 5.75 Å². The lowest BCUT2D eigenvalue weighted by atomic mass is 10.2. The van der Waals surface area contributed by atoms with Crippen LogP contribution in [-0.4, -0.2) is 21.5 Å². The van der Waals surface area contributed by atoms with Crippen LogP contribution in [0.4, 0.5) is 0 Å². The molecule has 0 aromatic rings. The maximum absolute atomic E-state index is 4.30. The molecule has 56 valence electrons. The fourth-order valence-electron chi connectivity index (χ4n) is 0.429. The molecular weight excluding hydrogens is 188 g/mol. The molecule has 4 heteroatoms. The van der Waals surface area contributed by atoms with E-state index in [1.54, 1.807) is 0 Å². The minimum absolute atomic E-state index is 0.231. The van der Waals surface area contributed by atoms with Gasteiger partial charge in [0.25, 0.3) is 0 Å². The first kappa shape index (κ1) is 10.4. The number of thiol groups is 4. The van der Waals surface area contributed by atoms with Gasteiger partial charge in [-0.3, -0.25) is 0 Å². The van der Waals surface area contributed by atoms with Crippen LogP contribution >= 0.6 is 50.5 Å². The van der Waals surface area contributed by atoms with E-state index in [-0.39, 0.29) is 15.7 Å². The molecule has 0 nitrogen and oxygen atoms in total. The van der Waals surface area contributed by atoms with Gasteiger partial charge >= 0.3 is 0 Å². The lowest BCUT2D eigenvalue weighted by Crippen LogP contribution is -2.24. The van der Waals surface area contributed by atoms with Crippen molar-refractivity contribution in [1.29, 1.82) is 0 Å². The molecule has 0 heterocycles. The first-order chi connectivity index (χ1) is 4.09. The van der Waals surface area contributed by atoms with Gasteiger partial charge in [0.2, 0.25) is 0 Å². The predicted molar refractivity (Wildman–Crippen MR) is 57.8 cm³/mol. The van der Waals surface area contributed by atoms with Crippen molar-refractivity contribution >= 4 is 50.5 Å². The molecule has 0 saturated carbocycles. The molecule has 3 unspecified atom stereocenters. The maximum Gasteiger partial charge on any atom is 0.0255 e. The minimum atomic E-state index is 0.231. The quantitative estimate of drug-likeness (QED) is 0.491. The van der Waals surface area contributed by atoms with Gasteiger partial charge in [-0.25, -0.2) is 0 Å². The van der Waals surface area contributed by atoms with Crippen molar-refractivity contribution < 1.29 is 0 Å². The van der Waals surface area contributed by atoms with Crippen molar-refractivity contribution in [3.63, 3.8) is 0 Å². The summed E-state index contributed by atoms with van der Waals surface area (Å²) in [5.41, 5.74) is 0. The zero-order valence-electron chi connectivity index (χ0n) is 5.23. The molecule has 3 atom stereocenters. The van der Waals surface area contributed by atoms with Gasteiger partial charge in [-0.1, -0.05) is 6.92 Å². The Kier molecular flexibility index (Phi) is 5.90. The number of hydrogen-bond acceptors (Lipinski definition) is 4. The summed E-state index contributed by atoms with van der Waals surface area (Å²) in [4.78, 5) is 0. The lowest BCUT2D eigenvalue weighted by Gasteiger charge is -2.18. The normalized spacial score (nSPS) is 21.0. The number of rotatable bonds is 3. The fourth-order valence-corrected chi connectivity index (χ4v) is 1.53. The topological polar surface area (TPSA) is 0 Å². The van der Waals surface area contributed by atoms with E-state index in [1.807, 2.05) is 6.92 Å². The van der Waals surface area contributed by atoms with Gasteiger partial charge in [-0.05, 0) is 0 Å². The summed E-state index contributed by atoms with van der Waals surface area (Å²) in [6.45, 7) is 2.01. The van der Waals surface area contributed by atoms with Gasteiger partial charge in [-0.2, -0.15) is 50.5 Å². The van der Waals surface area contributed by atoms with Gasteiger partial charge in [0.15, 0.2) is 0 Å². The first-order valence-electron chi connectivity index (χ1n) is 2.74. The highest BCUT2D eigenvalue weighted by molar-refractivity contribution is 7.88. The Morgan fingerprint density at radius 3 is 1.78 bits per heavy atom. The highest BCUT2D eigenvalue weighted by Gasteiger charge is 2.15. The van der Waals surface area contributed by atoms with E-state index < -0.39 is 0 Å². The Morgan fingerprint density at radius 2 is 1.67 bits per heavy atom. The van der Waals surface area contributed by atoms with Crippen molar-refractivity contribution in [3.8, 4) is 0 Å². The van der Waals surface area contributed by atoms with Crippen LogP contribution in [0.5, 0.6) is 0 Å². The van der Waals surface area contributed by atoms with Gasteiger partial charge < -0.3 is 0 Å². The highest BCUT2D eigenvalue weighted by atomic mass is 32.1. The minimum Gasteiger partial charge on any atom is -0.178 e. The molecule has 0 aliphatic carbocycles. The Labute approximate surface area is 78.8 Å². The summed E-state index contributed by atoms with van der Waals surface area (Å²) in [5.74, 6) is 0.752. The van der Waals surface area contributed by atoms with Crippen molar-refractivity contribution in [3.05, 3.63) is 0 Å². The monoisotopic (exact) mass is 200 g/mol. The first-order valence-corrected chi connectivity index (χ1v) is 4.92. The van der Waals surface area contributed by atoms with E-state index in [2.05, 4.69) is 50.5 Å². The largest absolute Gasteiger partial charge is 0.178 e. The van der Waals surface area contributed by atoms with Crippen LogP contribution in [0.25, 0.3) is 0 Å². The molecule has 0 amide bonds. The summed E-state index contributed by atoms with van der Waals surface area (Å²) in [7, 11) is 0. The zero-order valence-corrected chi connectivity index (χ0v) is 8.81. The zero-order chi connectivity index (χ0) is 7.44. The predicted octanol–water partition coefficient (Wildman–Crippen LogP) is 1.83. The molecule has 0 N–H and O–H groups in total. The summed E-state index contributed by atoms with van der Waals surface area (Å²) in [6.07, 6.45) is 0. The van der Waals surface area contributed by atoms with Gasteiger partial charge in [0.05, 0.1) is 0 Å². The standard InChI is InChI=1S/C5H12S4/c1-3(7)5(9)4(8)2-6/h3-9H,2H2,1H3. The Bertz CT molecular complexity index is 73.4. The van der Waals surface area contributed by atoms with E-state index in [1.165, 1.54) is 0 Å². The van der Waals surface area contributed by atoms with Crippen LogP contribution in [-0.2, 0) is 0 Å². The molecule has 0 radical (unpaired) electrons. The highest BCUT2D eigenvalue weighted by Crippen LogP contribution is 2.17. The van der Waals surface area contributed by atoms with Crippen molar-refractivity contribution in [2.24, 2.45) is 0 Å². The second-order valence-corrected chi connectivity index (χ2v) is 4.42. The smallest absolute Gasteiger partial charge is 0.0255 e. The average molecular weight is 200 g/mol. The molecule has 9 heavy (non-hydrogen) atoms. The number of hydrogen-bond donors (Lipinski definition) is 4. The third-order valence-corrected chi connectivity index (χ3v) is 3.86. The fraction of sp³-hybridized carbons (Fsp3) is 1.00. The molecule has 0 rings (SSSR count). The van der Waals surface area contributed by atoms with E-state index in [4.69, 9.17) is 0 Å². The SMILES string of the molecule is CC(S)C(S)C(S)CS. The third-order valence-electron chi connectivity index (χ3n) is 1.08. The Hall–Kier alpha value is 1.40. The molecule has 0 saturated heterocycles. The molecule has 0 aromatic carbocycles. The maximum atomic E-state index is 4.30. The van der Waals surface area contributed by atoms with Crippen LogP contribution < -0.4 is 0 Å². The summed E-state index contributed by atoms with van der Waals surface area (Å²) in [6, 6.07) is 0. The molecule has 0 bridgehead atoms. The third kappa shape index (κ3) is 3.96. The molecular formula is C5H12S4. The van der Waals surface area contributed by atoms with Crippen LogP contribution in [0.15, 0.2) is 0 Å². The van der Waals surface area contributed by atoms with Gasteiger partial charge in [0, 0.05) is 21.5 Å². The van der Waals surface area contributed by atoms with Gasteiger partial charge in [0.1, 0.15) is 0 Å². The van der Waals surface area contributed by atoms with Crippen LogP contribution in [0.3, 0.4) is 0 Å². The van der Waals surface area contributed by atoms with E-state index in [0.717, 1.165) is 5.75 Å². The summed E-state index contributed by atoms with van der Waals surface area (Å²) in [5, 5.41) is 0.751. The summed E-state index contributed by atoms with van der Waals surface area (Å²) >= 11 is 16.9. The lowest BCUT2D eigenvalue weighted by molar-refractivity contribution is 0.846. The van der Waals surface area contributed by atoms with E-state index in [0.29, 0.717) is 0 Å². The average Bonchev–Trinajstić information content (AvgIpc) is 1.84. The molecule has 0 aromatic heterocycles. The van der Waals surface area contributed by atoms with E-state index in [9.17, 15) is 0 Å². The molecule has 0 aliphatic rings. The molecule has 0 aliphatic heterocycles. The molecule has 0 fully saturated rings. The second-order valence-electron chi connectivity index (χ2n) is 1.98. The molecule has 0 spiro atoms.